The molecule has 158 valence electrons. The van der Waals surface area contributed by atoms with Gasteiger partial charge in [0.05, 0.1) is 7.11 Å². The molecule has 0 unspecified atom stereocenters. The lowest BCUT2D eigenvalue weighted by molar-refractivity contribution is 0.0149. The molecule has 4 heteroatoms. The summed E-state index contributed by atoms with van der Waals surface area (Å²) in [4.78, 5) is 0. The van der Waals surface area contributed by atoms with E-state index in [2.05, 4.69) is 78.1 Å². The third kappa shape index (κ3) is 5.96. The molecular weight excluding hydrogens is 394 g/mol. The average molecular weight is 424 g/mol. The van der Waals surface area contributed by atoms with Crippen LogP contribution in [0.3, 0.4) is 0 Å². The molecule has 0 heterocycles. The van der Waals surface area contributed by atoms with Crippen LogP contribution >= 0.6 is 12.4 Å². The Labute approximate surface area is 186 Å². The van der Waals surface area contributed by atoms with E-state index in [0.29, 0.717) is 0 Å². The van der Waals surface area contributed by atoms with E-state index in [1.165, 1.54) is 11.1 Å². The topological polar surface area (TPSA) is 30.5 Å². The Balaban J connectivity index is 0.00000320. The van der Waals surface area contributed by atoms with Crippen molar-refractivity contribution in [2.75, 3.05) is 27.3 Å². The molecule has 0 atom stereocenters. The zero-order valence-electron chi connectivity index (χ0n) is 17.6. The van der Waals surface area contributed by atoms with Crippen LogP contribution in [0.2, 0.25) is 0 Å². The maximum absolute atomic E-state index is 6.14. The van der Waals surface area contributed by atoms with Crippen LogP contribution in [0.4, 0.5) is 0 Å². The minimum Gasteiger partial charge on any atom is -0.497 e. The third-order valence-corrected chi connectivity index (χ3v) is 5.17. The number of hydrogen-bond acceptors (Lipinski definition) is 3. The van der Waals surface area contributed by atoms with Crippen LogP contribution in [0.1, 0.15) is 23.1 Å². The maximum atomic E-state index is 6.14. The molecule has 3 rings (SSSR count). The molecule has 0 radical (unpaired) electrons. The summed E-state index contributed by atoms with van der Waals surface area (Å²) in [5.74, 6) is 0.873. The van der Waals surface area contributed by atoms with E-state index in [1.54, 1.807) is 14.2 Å². The van der Waals surface area contributed by atoms with Crippen molar-refractivity contribution in [3.05, 3.63) is 108 Å². The summed E-state index contributed by atoms with van der Waals surface area (Å²) in [6.07, 6.45) is 5.10. The molecule has 0 aliphatic carbocycles. The number of ether oxygens (including phenoxy) is 2. The predicted octanol–water partition coefficient (Wildman–Crippen LogP) is 5.70. The second-order valence-electron chi connectivity index (χ2n) is 6.89. The van der Waals surface area contributed by atoms with E-state index in [-0.39, 0.29) is 12.4 Å². The highest BCUT2D eigenvalue weighted by Crippen LogP contribution is 2.36. The average Bonchev–Trinajstić information content (AvgIpc) is 2.80. The molecule has 0 saturated heterocycles. The van der Waals surface area contributed by atoms with E-state index in [1.807, 2.05) is 24.3 Å². The molecule has 0 aromatic heterocycles. The van der Waals surface area contributed by atoms with E-state index in [4.69, 9.17) is 9.47 Å². The number of rotatable bonds is 10. The van der Waals surface area contributed by atoms with Crippen molar-refractivity contribution in [3.63, 3.8) is 0 Å². The molecule has 0 aliphatic heterocycles. The Bertz CT molecular complexity index is 840. The van der Waals surface area contributed by atoms with Crippen LogP contribution in [-0.2, 0) is 10.3 Å². The Hall–Kier alpha value is -2.59. The Kier molecular flexibility index (Phi) is 9.62. The maximum Gasteiger partial charge on any atom is 0.119 e. The monoisotopic (exact) mass is 423 g/mol. The van der Waals surface area contributed by atoms with E-state index in [9.17, 15) is 0 Å². The normalized spacial score (nSPS) is 11.3. The summed E-state index contributed by atoms with van der Waals surface area (Å²) in [5, 5.41) is 3.52. The largest absolute Gasteiger partial charge is 0.497 e. The van der Waals surface area contributed by atoms with E-state index < -0.39 is 5.60 Å². The zero-order valence-corrected chi connectivity index (χ0v) is 18.4. The van der Waals surface area contributed by atoms with Gasteiger partial charge in [0, 0.05) is 13.7 Å². The summed E-state index contributed by atoms with van der Waals surface area (Å²) < 4.78 is 11.3. The minimum absolute atomic E-state index is 0. The summed E-state index contributed by atoms with van der Waals surface area (Å²) in [5.41, 5.74) is 3.04. The molecule has 0 spiro atoms. The Morgan fingerprint density at radius 3 is 1.87 bits per heavy atom. The molecule has 3 aromatic rings. The van der Waals surface area contributed by atoms with Crippen LogP contribution in [0, 0.1) is 0 Å². The summed E-state index contributed by atoms with van der Waals surface area (Å²) >= 11 is 0. The first-order chi connectivity index (χ1) is 14.3. The van der Waals surface area contributed by atoms with Crippen LogP contribution in [0.25, 0.3) is 6.08 Å². The quantitative estimate of drug-likeness (QED) is 0.424. The van der Waals surface area contributed by atoms with Gasteiger partial charge in [-0.2, -0.15) is 0 Å². The van der Waals surface area contributed by atoms with Gasteiger partial charge < -0.3 is 14.8 Å². The second kappa shape index (κ2) is 12.2. The van der Waals surface area contributed by atoms with E-state index in [0.717, 1.165) is 30.8 Å². The highest BCUT2D eigenvalue weighted by Gasteiger charge is 2.33. The number of methoxy groups -OCH3 is 2. The van der Waals surface area contributed by atoms with Gasteiger partial charge in [-0.25, -0.2) is 0 Å². The van der Waals surface area contributed by atoms with Crippen molar-refractivity contribution < 1.29 is 9.47 Å². The Morgan fingerprint density at radius 1 is 0.800 bits per heavy atom. The van der Waals surface area contributed by atoms with Crippen molar-refractivity contribution in [1.82, 2.24) is 5.32 Å². The van der Waals surface area contributed by atoms with Crippen LogP contribution in [0.15, 0.2) is 91.0 Å². The van der Waals surface area contributed by atoms with Crippen molar-refractivity contribution in [1.29, 1.82) is 0 Å². The van der Waals surface area contributed by atoms with Gasteiger partial charge in [-0.05, 0) is 41.8 Å². The fourth-order valence-corrected chi connectivity index (χ4v) is 3.57. The predicted molar refractivity (Wildman–Crippen MR) is 127 cm³/mol. The number of halogens is 1. The van der Waals surface area contributed by atoms with Gasteiger partial charge in [-0.15, -0.1) is 12.4 Å². The van der Waals surface area contributed by atoms with Crippen molar-refractivity contribution >= 4 is 18.5 Å². The first-order valence-electron chi connectivity index (χ1n) is 9.96. The standard InChI is InChI=1S/C26H29NO2.ClH/c1-28-25-17-15-22(16-18-25)10-9-20-27-21-19-26(29-2,23-11-5-3-6-12-23)24-13-7-4-8-14-24;/h3-18,27H,19-21H2,1-2H3;1H/b10-9+;. The van der Waals surface area contributed by atoms with Gasteiger partial charge in [0.25, 0.3) is 0 Å². The zero-order chi connectivity index (χ0) is 20.4. The van der Waals surface area contributed by atoms with Crippen molar-refractivity contribution in [2.45, 2.75) is 12.0 Å². The first kappa shape index (κ1) is 23.7. The van der Waals surface area contributed by atoms with Crippen molar-refractivity contribution in [3.8, 4) is 5.75 Å². The lowest BCUT2D eigenvalue weighted by Crippen LogP contribution is -2.34. The molecule has 3 aromatic carbocycles. The van der Waals surface area contributed by atoms with Gasteiger partial charge >= 0.3 is 0 Å². The van der Waals surface area contributed by atoms with Gasteiger partial charge in [-0.1, -0.05) is 84.9 Å². The molecule has 30 heavy (non-hydrogen) atoms. The van der Waals surface area contributed by atoms with Crippen LogP contribution in [0.5, 0.6) is 5.75 Å². The van der Waals surface area contributed by atoms with Gasteiger partial charge in [-0.3, -0.25) is 0 Å². The smallest absolute Gasteiger partial charge is 0.119 e. The second-order valence-corrected chi connectivity index (χ2v) is 6.89. The molecule has 0 saturated carbocycles. The number of nitrogens with one attached hydrogen (secondary N) is 1. The molecule has 0 aliphatic rings. The minimum atomic E-state index is -0.463. The molecule has 0 bridgehead atoms. The highest BCUT2D eigenvalue weighted by atomic mass is 35.5. The van der Waals surface area contributed by atoms with E-state index >= 15 is 0 Å². The van der Waals surface area contributed by atoms with Gasteiger partial charge in [0.2, 0.25) is 0 Å². The van der Waals surface area contributed by atoms with Crippen molar-refractivity contribution in [2.24, 2.45) is 0 Å². The summed E-state index contributed by atoms with van der Waals surface area (Å²) in [6.45, 7) is 1.64. The Morgan fingerprint density at radius 2 is 1.37 bits per heavy atom. The van der Waals surface area contributed by atoms with Crippen LogP contribution < -0.4 is 10.1 Å². The molecule has 3 nitrogen and oxygen atoms in total. The number of hydrogen-bond donors (Lipinski definition) is 1. The molecule has 0 amide bonds. The first-order valence-corrected chi connectivity index (χ1v) is 9.96. The fourth-order valence-electron chi connectivity index (χ4n) is 3.57. The fraction of sp³-hybridized carbons (Fsp3) is 0.231. The third-order valence-electron chi connectivity index (χ3n) is 5.17. The molecular formula is C26H30ClNO2. The molecule has 0 fully saturated rings. The van der Waals surface area contributed by atoms with Crippen LogP contribution in [-0.4, -0.2) is 27.3 Å². The van der Waals surface area contributed by atoms with Gasteiger partial charge in [0.1, 0.15) is 11.4 Å². The summed E-state index contributed by atoms with van der Waals surface area (Å²) in [6, 6.07) is 28.9. The number of benzene rings is 3. The lowest BCUT2D eigenvalue weighted by Gasteiger charge is -2.34. The SMILES string of the molecule is COc1ccc(/C=C/CNCCC(OC)(c2ccccc2)c2ccccc2)cc1.Cl. The van der Waals surface area contributed by atoms with Gasteiger partial charge in [0.15, 0.2) is 0 Å². The molecule has 1 N–H and O–H groups in total. The highest BCUT2D eigenvalue weighted by molar-refractivity contribution is 5.85. The lowest BCUT2D eigenvalue weighted by atomic mass is 9.83. The summed E-state index contributed by atoms with van der Waals surface area (Å²) in [7, 11) is 3.48.